The van der Waals surface area contributed by atoms with E-state index in [1.165, 1.54) is 18.2 Å². The molecule has 1 N–H and O–H groups in total. The van der Waals surface area contributed by atoms with Crippen molar-refractivity contribution in [1.82, 2.24) is 0 Å². The topological polar surface area (TPSA) is 72.2 Å². The first-order valence-corrected chi connectivity index (χ1v) is 6.39. The summed E-state index contributed by atoms with van der Waals surface area (Å²) in [5.41, 5.74) is -1.04. The molecule has 2 aromatic carbocycles. The second-order valence-electron chi connectivity index (χ2n) is 3.95. The standard InChI is InChI=1S/C13H7BrF2N2O3/c14-11-7(3-1-6-10(11)18(20)21)13(19)17-12-8(15)4-2-5-9(12)16/h1-6H,(H,17,19). The van der Waals surface area contributed by atoms with Gasteiger partial charge in [0.2, 0.25) is 0 Å². The Bertz CT molecular complexity index is 717. The van der Waals surface area contributed by atoms with E-state index in [0.717, 1.165) is 18.2 Å². The van der Waals surface area contributed by atoms with Crippen molar-refractivity contribution in [2.24, 2.45) is 0 Å². The van der Waals surface area contributed by atoms with Crippen LogP contribution in [0.1, 0.15) is 10.4 Å². The molecule has 0 spiro atoms. The van der Waals surface area contributed by atoms with Crippen molar-refractivity contribution < 1.29 is 18.5 Å². The van der Waals surface area contributed by atoms with Crippen LogP contribution < -0.4 is 5.32 Å². The predicted octanol–water partition coefficient (Wildman–Crippen LogP) is 3.89. The molecule has 0 aromatic heterocycles. The molecular weight excluding hydrogens is 350 g/mol. The van der Waals surface area contributed by atoms with Crippen LogP contribution >= 0.6 is 15.9 Å². The molecule has 0 heterocycles. The van der Waals surface area contributed by atoms with Crippen LogP contribution in [0.4, 0.5) is 20.2 Å². The molecule has 2 rings (SSSR count). The van der Waals surface area contributed by atoms with Gasteiger partial charge in [-0.05, 0) is 34.1 Å². The second kappa shape index (κ2) is 5.96. The largest absolute Gasteiger partial charge is 0.317 e. The molecule has 0 unspecified atom stereocenters. The lowest BCUT2D eigenvalue weighted by atomic mass is 10.2. The first-order chi connectivity index (χ1) is 9.91. The summed E-state index contributed by atoms with van der Waals surface area (Å²) in [6.07, 6.45) is 0. The number of nitro benzene ring substituents is 1. The van der Waals surface area contributed by atoms with Crippen LogP contribution in [0.5, 0.6) is 0 Å². The SMILES string of the molecule is O=C(Nc1c(F)cccc1F)c1cccc([N+](=O)[O-])c1Br. The second-order valence-corrected chi connectivity index (χ2v) is 4.74. The van der Waals surface area contributed by atoms with Gasteiger partial charge < -0.3 is 5.32 Å². The zero-order chi connectivity index (χ0) is 15.6. The van der Waals surface area contributed by atoms with E-state index in [2.05, 4.69) is 21.2 Å². The van der Waals surface area contributed by atoms with Crippen LogP contribution in [-0.4, -0.2) is 10.8 Å². The average molecular weight is 357 g/mol. The smallest absolute Gasteiger partial charge is 0.284 e. The number of hydrogen-bond donors (Lipinski definition) is 1. The number of anilines is 1. The Balaban J connectivity index is 2.38. The van der Waals surface area contributed by atoms with Crippen molar-refractivity contribution in [3.8, 4) is 0 Å². The minimum atomic E-state index is -0.940. The van der Waals surface area contributed by atoms with E-state index < -0.39 is 28.2 Å². The number of nitrogens with one attached hydrogen (secondary N) is 1. The molecule has 0 aliphatic carbocycles. The van der Waals surface area contributed by atoms with Crippen LogP contribution in [0.25, 0.3) is 0 Å². The molecule has 0 saturated carbocycles. The van der Waals surface area contributed by atoms with Gasteiger partial charge in [-0.25, -0.2) is 8.78 Å². The molecule has 0 atom stereocenters. The molecule has 21 heavy (non-hydrogen) atoms. The minimum Gasteiger partial charge on any atom is -0.317 e. The molecule has 2 aromatic rings. The van der Waals surface area contributed by atoms with Gasteiger partial charge in [0.25, 0.3) is 11.6 Å². The fraction of sp³-hybridized carbons (Fsp3) is 0. The summed E-state index contributed by atoms with van der Waals surface area (Å²) >= 11 is 2.94. The molecule has 8 heteroatoms. The van der Waals surface area contributed by atoms with Gasteiger partial charge in [-0.15, -0.1) is 0 Å². The highest BCUT2D eigenvalue weighted by atomic mass is 79.9. The molecule has 1 amide bonds. The fourth-order valence-electron chi connectivity index (χ4n) is 1.63. The van der Waals surface area contributed by atoms with E-state index in [0.29, 0.717) is 0 Å². The third-order valence-corrected chi connectivity index (χ3v) is 3.45. The van der Waals surface area contributed by atoms with Gasteiger partial charge >= 0.3 is 0 Å². The summed E-state index contributed by atoms with van der Waals surface area (Å²) in [4.78, 5) is 22.1. The van der Waals surface area contributed by atoms with Gasteiger partial charge in [0.1, 0.15) is 21.8 Å². The zero-order valence-electron chi connectivity index (χ0n) is 10.3. The van der Waals surface area contributed by atoms with Crippen molar-refractivity contribution in [3.05, 3.63) is 68.2 Å². The van der Waals surface area contributed by atoms with Crippen LogP contribution in [0.3, 0.4) is 0 Å². The Morgan fingerprint density at radius 3 is 2.29 bits per heavy atom. The van der Waals surface area contributed by atoms with Crippen LogP contribution in [0, 0.1) is 21.7 Å². The third kappa shape index (κ3) is 3.05. The molecule has 0 fully saturated rings. The number of carbonyl (C=O) groups is 1. The number of hydrogen-bond acceptors (Lipinski definition) is 3. The van der Waals surface area contributed by atoms with Gasteiger partial charge in [-0.2, -0.15) is 0 Å². The summed E-state index contributed by atoms with van der Waals surface area (Å²) in [5, 5.41) is 12.8. The number of amides is 1. The molecule has 0 radical (unpaired) electrons. The van der Waals surface area contributed by atoms with Crippen molar-refractivity contribution >= 4 is 33.2 Å². The maximum Gasteiger partial charge on any atom is 0.284 e. The summed E-state index contributed by atoms with van der Waals surface area (Å²) in [7, 11) is 0. The normalized spacial score (nSPS) is 10.2. The van der Waals surface area contributed by atoms with Gasteiger partial charge in [-0.1, -0.05) is 12.1 Å². The van der Waals surface area contributed by atoms with E-state index in [1.807, 2.05) is 0 Å². The number of nitrogens with zero attached hydrogens (tertiary/aromatic N) is 1. The van der Waals surface area contributed by atoms with Gasteiger partial charge in [-0.3, -0.25) is 14.9 Å². The van der Waals surface area contributed by atoms with Crippen LogP contribution in [-0.2, 0) is 0 Å². The minimum absolute atomic E-state index is 0.0655. The summed E-state index contributed by atoms with van der Waals surface area (Å²) in [6.45, 7) is 0. The molecule has 0 aliphatic rings. The molecule has 108 valence electrons. The van der Waals surface area contributed by atoms with Crippen molar-refractivity contribution in [1.29, 1.82) is 0 Å². The van der Waals surface area contributed by atoms with E-state index >= 15 is 0 Å². The predicted molar refractivity (Wildman–Crippen MR) is 75.1 cm³/mol. The first kappa shape index (κ1) is 15.0. The Labute approximate surface area is 125 Å². The van der Waals surface area contributed by atoms with Crippen molar-refractivity contribution in [2.75, 3.05) is 5.32 Å². The summed E-state index contributed by atoms with van der Waals surface area (Å²) < 4.78 is 26.9. The van der Waals surface area contributed by atoms with E-state index in [-0.39, 0.29) is 15.7 Å². The Morgan fingerprint density at radius 2 is 1.71 bits per heavy atom. The van der Waals surface area contributed by atoms with Crippen LogP contribution in [0.2, 0.25) is 0 Å². The Kier molecular flexibility index (Phi) is 4.27. The highest BCUT2D eigenvalue weighted by molar-refractivity contribution is 9.10. The van der Waals surface area contributed by atoms with E-state index in [9.17, 15) is 23.7 Å². The molecule has 5 nitrogen and oxygen atoms in total. The van der Waals surface area contributed by atoms with E-state index in [4.69, 9.17) is 0 Å². The number of halogens is 3. The monoisotopic (exact) mass is 356 g/mol. The number of carbonyl (C=O) groups excluding carboxylic acids is 1. The van der Waals surface area contributed by atoms with Gasteiger partial charge in [0.05, 0.1) is 10.5 Å². The Morgan fingerprint density at radius 1 is 1.14 bits per heavy atom. The average Bonchev–Trinajstić information content (AvgIpc) is 2.42. The number of nitro groups is 1. The highest BCUT2D eigenvalue weighted by Crippen LogP contribution is 2.29. The van der Waals surface area contributed by atoms with Crippen LogP contribution in [0.15, 0.2) is 40.9 Å². The lowest BCUT2D eigenvalue weighted by Gasteiger charge is -2.08. The van der Waals surface area contributed by atoms with Gasteiger partial charge in [0.15, 0.2) is 0 Å². The van der Waals surface area contributed by atoms with Gasteiger partial charge in [0, 0.05) is 6.07 Å². The lowest BCUT2D eigenvalue weighted by Crippen LogP contribution is -2.15. The molecule has 0 saturated heterocycles. The first-order valence-electron chi connectivity index (χ1n) is 5.60. The molecule has 0 bridgehead atoms. The number of para-hydroxylation sites is 1. The van der Waals surface area contributed by atoms with Crippen molar-refractivity contribution in [2.45, 2.75) is 0 Å². The summed E-state index contributed by atoms with van der Waals surface area (Å²) in [6, 6.07) is 6.93. The van der Waals surface area contributed by atoms with Crippen molar-refractivity contribution in [3.63, 3.8) is 0 Å². The summed E-state index contributed by atoms with van der Waals surface area (Å²) in [5.74, 6) is -2.75. The lowest BCUT2D eigenvalue weighted by molar-refractivity contribution is -0.385. The van der Waals surface area contributed by atoms with E-state index in [1.54, 1.807) is 0 Å². The molecule has 0 aliphatic heterocycles. The number of benzene rings is 2. The highest BCUT2D eigenvalue weighted by Gasteiger charge is 2.21. The zero-order valence-corrected chi connectivity index (χ0v) is 11.9. The Hall–Kier alpha value is -2.35. The maximum absolute atomic E-state index is 13.5. The fourth-order valence-corrected chi connectivity index (χ4v) is 2.22. The molecular formula is C13H7BrF2N2O3. The number of rotatable bonds is 3. The quantitative estimate of drug-likeness (QED) is 0.669. The third-order valence-electron chi connectivity index (χ3n) is 2.62. The maximum atomic E-state index is 13.5.